The summed E-state index contributed by atoms with van der Waals surface area (Å²) in [7, 11) is 0. The van der Waals surface area contributed by atoms with Gasteiger partial charge in [-0.3, -0.25) is 14.0 Å². The maximum Gasteiger partial charge on any atom is 0.325 e. The van der Waals surface area contributed by atoms with Crippen LogP contribution in [0.1, 0.15) is 31.2 Å². The molecule has 1 N–H and O–H groups in total. The van der Waals surface area contributed by atoms with Gasteiger partial charge in [0.2, 0.25) is 0 Å². The van der Waals surface area contributed by atoms with Gasteiger partial charge in [-0.25, -0.2) is 4.68 Å². The number of fused-ring (bicyclic) bond motifs is 1. The standard InChI is InChI=1S/C12H15N3O3/c1-7(2)11-13-15(6-10(16)17)12(18)9-4-8(3)5-14(9)11/h4-5,7H,6H2,1-3H3,(H,16,17). The molecule has 0 atom stereocenters. The summed E-state index contributed by atoms with van der Waals surface area (Å²) in [6.07, 6.45) is 1.84. The first-order valence-corrected chi connectivity index (χ1v) is 5.71. The minimum absolute atomic E-state index is 0.0972. The maximum atomic E-state index is 12.1. The molecule has 0 bridgehead atoms. The lowest BCUT2D eigenvalue weighted by molar-refractivity contribution is -0.138. The summed E-state index contributed by atoms with van der Waals surface area (Å²) in [5.41, 5.74) is 1.03. The van der Waals surface area contributed by atoms with E-state index in [1.807, 2.05) is 27.0 Å². The molecule has 0 fully saturated rings. The van der Waals surface area contributed by atoms with Gasteiger partial charge in [0.05, 0.1) is 0 Å². The number of aryl methyl sites for hydroxylation is 1. The van der Waals surface area contributed by atoms with Crippen molar-refractivity contribution in [2.24, 2.45) is 0 Å². The van der Waals surface area contributed by atoms with E-state index in [0.29, 0.717) is 11.3 Å². The highest BCUT2D eigenvalue weighted by molar-refractivity contribution is 5.66. The van der Waals surface area contributed by atoms with Crippen LogP contribution in [0.2, 0.25) is 0 Å². The first kappa shape index (κ1) is 12.3. The summed E-state index contributed by atoms with van der Waals surface area (Å²) in [5.74, 6) is -0.300. The Kier molecular flexibility index (Phi) is 2.94. The number of hydrogen-bond acceptors (Lipinski definition) is 3. The first-order chi connectivity index (χ1) is 8.40. The lowest BCUT2D eigenvalue weighted by Crippen LogP contribution is -2.30. The molecule has 18 heavy (non-hydrogen) atoms. The largest absolute Gasteiger partial charge is 0.480 e. The van der Waals surface area contributed by atoms with Crippen molar-refractivity contribution in [3.05, 3.63) is 34.0 Å². The van der Waals surface area contributed by atoms with Crippen molar-refractivity contribution >= 4 is 11.5 Å². The molecule has 2 heterocycles. The highest BCUT2D eigenvalue weighted by Gasteiger charge is 2.15. The van der Waals surface area contributed by atoms with Gasteiger partial charge in [0.25, 0.3) is 5.56 Å². The quantitative estimate of drug-likeness (QED) is 0.880. The molecule has 0 spiro atoms. The fourth-order valence-electron chi connectivity index (χ4n) is 1.93. The highest BCUT2D eigenvalue weighted by Crippen LogP contribution is 2.14. The Morgan fingerprint density at radius 2 is 2.17 bits per heavy atom. The molecule has 0 radical (unpaired) electrons. The number of aliphatic carboxylic acids is 1. The van der Waals surface area contributed by atoms with E-state index in [0.717, 1.165) is 10.2 Å². The lowest BCUT2D eigenvalue weighted by Gasteiger charge is -2.11. The fourth-order valence-corrected chi connectivity index (χ4v) is 1.93. The van der Waals surface area contributed by atoms with Crippen molar-refractivity contribution in [1.29, 1.82) is 0 Å². The fraction of sp³-hybridized carbons (Fsp3) is 0.417. The van der Waals surface area contributed by atoms with Gasteiger partial charge in [0.15, 0.2) is 0 Å². The predicted octanol–water partition coefficient (Wildman–Crippen LogP) is 1.01. The van der Waals surface area contributed by atoms with E-state index < -0.39 is 12.5 Å². The third-order valence-corrected chi connectivity index (χ3v) is 2.68. The Hall–Kier alpha value is -2.11. The van der Waals surface area contributed by atoms with E-state index in [2.05, 4.69) is 5.10 Å². The zero-order valence-corrected chi connectivity index (χ0v) is 10.5. The molecule has 0 aliphatic rings. The summed E-state index contributed by atoms with van der Waals surface area (Å²) >= 11 is 0. The smallest absolute Gasteiger partial charge is 0.325 e. The molecule has 0 saturated carbocycles. The van der Waals surface area contributed by atoms with Crippen molar-refractivity contribution in [1.82, 2.24) is 14.2 Å². The van der Waals surface area contributed by atoms with Crippen LogP contribution < -0.4 is 5.56 Å². The SMILES string of the molecule is Cc1cc2c(=O)n(CC(=O)O)nc(C(C)C)n2c1. The zero-order valence-electron chi connectivity index (χ0n) is 10.5. The van der Waals surface area contributed by atoms with E-state index in [1.54, 1.807) is 10.5 Å². The Morgan fingerprint density at radius 3 is 2.72 bits per heavy atom. The van der Waals surface area contributed by atoms with Crippen LogP contribution in [-0.2, 0) is 11.3 Å². The third-order valence-electron chi connectivity index (χ3n) is 2.68. The van der Waals surface area contributed by atoms with E-state index in [-0.39, 0.29) is 11.5 Å². The van der Waals surface area contributed by atoms with Crippen LogP contribution in [0.4, 0.5) is 0 Å². The molecule has 0 aliphatic carbocycles. The molecule has 6 heteroatoms. The Labute approximate surface area is 103 Å². The molecule has 0 amide bonds. The Morgan fingerprint density at radius 1 is 1.50 bits per heavy atom. The average molecular weight is 249 g/mol. The molecule has 2 aromatic rings. The van der Waals surface area contributed by atoms with Crippen LogP contribution in [0.5, 0.6) is 0 Å². The summed E-state index contributed by atoms with van der Waals surface area (Å²) in [6.45, 7) is 5.37. The van der Waals surface area contributed by atoms with Crippen molar-refractivity contribution < 1.29 is 9.90 Å². The Bertz CT molecular complexity index is 667. The van der Waals surface area contributed by atoms with Crippen molar-refractivity contribution in [3.8, 4) is 0 Å². The molecule has 0 aromatic carbocycles. The normalized spacial score (nSPS) is 11.3. The van der Waals surface area contributed by atoms with Crippen LogP contribution in [0.25, 0.3) is 5.52 Å². The summed E-state index contributed by atoms with van der Waals surface area (Å²) < 4.78 is 2.74. The van der Waals surface area contributed by atoms with Crippen molar-refractivity contribution in [3.63, 3.8) is 0 Å². The minimum Gasteiger partial charge on any atom is -0.480 e. The van der Waals surface area contributed by atoms with Crippen LogP contribution in [0.3, 0.4) is 0 Å². The second-order valence-electron chi connectivity index (χ2n) is 4.64. The van der Waals surface area contributed by atoms with E-state index >= 15 is 0 Å². The highest BCUT2D eigenvalue weighted by atomic mass is 16.4. The zero-order chi connectivity index (χ0) is 13.4. The van der Waals surface area contributed by atoms with Crippen LogP contribution in [-0.4, -0.2) is 25.3 Å². The second kappa shape index (κ2) is 4.29. The third kappa shape index (κ3) is 2.01. The minimum atomic E-state index is -1.08. The van der Waals surface area contributed by atoms with Gasteiger partial charge in [0, 0.05) is 12.1 Å². The molecular weight excluding hydrogens is 234 g/mol. The monoisotopic (exact) mass is 249 g/mol. The number of hydrogen-bond donors (Lipinski definition) is 1. The van der Waals surface area contributed by atoms with Gasteiger partial charge in [-0.05, 0) is 18.6 Å². The van der Waals surface area contributed by atoms with Gasteiger partial charge in [-0.2, -0.15) is 5.10 Å². The number of carboxylic acid groups (broad SMARTS) is 1. The molecule has 96 valence electrons. The topological polar surface area (TPSA) is 76.6 Å². The molecule has 6 nitrogen and oxygen atoms in total. The lowest BCUT2D eigenvalue weighted by atomic mass is 10.2. The number of carbonyl (C=O) groups is 1. The molecular formula is C12H15N3O3. The van der Waals surface area contributed by atoms with Gasteiger partial charge >= 0.3 is 5.97 Å². The predicted molar refractivity (Wildman–Crippen MR) is 65.9 cm³/mol. The molecule has 0 saturated heterocycles. The van der Waals surface area contributed by atoms with Crippen molar-refractivity contribution in [2.75, 3.05) is 0 Å². The van der Waals surface area contributed by atoms with Crippen LogP contribution in [0.15, 0.2) is 17.1 Å². The molecule has 2 rings (SSSR count). The summed E-state index contributed by atoms with van der Waals surface area (Å²) in [5, 5.41) is 12.9. The summed E-state index contributed by atoms with van der Waals surface area (Å²) in [6, 6.07) is 1.74. The van der Waals surface area contributed by atoms with Gasteiger partial charge in [0.1, 0.15) is 17.9 Å². The van der Waals surface area contributed by atoms with Gasteiger partial charge in [-0.1, -0.05) is 13.8 Å². The summed E-state index contributed by atoms with van der Waals surface area (Å²) in [4.78, 5) is 22.8. The van der Waals surface area contributed by atoms with Crippen LogP contribution in [0, 0.1) is 6.92 Å². The van der Waals surface area contributed by atoms with E-state index in [4.69, 9.17) is 5.11 Å². The average Bonchev–Trinajstić information content (AvgIpc) is 2.63. The van der Waals surface area contributed by atoms with Gasteiger partial charge < -0.3 is 5.11 Å². The van der Waals surface area contributed by atoms with Gasteiger partial charge in [-0.15, -0.1) is 0 Å². The number of aromatic nitrogens is 3. The first-order valence-electron chi connectivity index (χ1n) is 5.71. The second-order valence-corrected chi connectivity index (χ2v) is 4.64. The maximum absolute atomic E-state index is 12.1. The number of rotatable bonds is 3. The van der Waals surface area contributed by atoms with E-state index in [9.17, 15) is 9.59 Å². The van der Waals surface area contributed by atoms with Crippen molar-refractivity contribution in [2.45, 2.75) is 33.2 Å². The van der Waals surface area contributed by atoms with Crippen LogP contribution >= 0.6 is 0 Å². The number of nitrogens with zero attached hydrogens (tertiary/aromatic N) is 3. The molecule has 0 unspecified atom stereocenters. The molecule has 0 aliphatic heterocycles. The molecule has 2 aromatic heterocycles. The number of carboxylic acids is 1. The Balaban J connectivity index is 2.78. The van der Waals surface area contributed by atoms with E-state index in [1.165, 1.54) is 0 Å².